The minimum absolute atomic E-state index is 0.0376. The van der Waals surface area contributed by atoms with E-state index in [9.17, 15) is 27.2 Å². The highest BCUT2D eigenvalue weighted by molar-refractivity contribution is 5.87. The van der Waals surface area contributed by atoms with E-state index in [0.29, 0.717) is 10.8 Å². The summed E-state index contributed by atoms with van der Waals surface area (Å²) in [5, 5.41) is 2.17. The number of alkyl halides is 3. The number of rotatable bonds is 6. The van der Waals surface area contributed by atoms with Gasteiger partial charge >= 0.3 is 12.2 Å². The first kappa shape index (κ1) is 20.4. The van der Waals surface area contributed by atoms with Crippen molar-refractivity contribution < 1.29 is 27.2 Å². The third kappa shape index (κ3) is 4.94. The predicted molar refractivity (Wildman–Crippen MR) is 93.6 cm³/mol. The molecule has 0 unspecified atom stereocenters. The molecule has 3 N–H and O–H groups in total. The van der Waals surface area contributed by atoms with E-state index in [-0.39, 0.29) is 18.4 Å². The summed E-state index contributed by atoms with van der Waals surface area (Å²) in [7, 11) is 0. The van der Waals surface area contributed by atoms with Gasteiger partial charge in [-0.05, 0) is 43.2 Å². The lowest BCUT2D eigenvalue weighted by molar-refractivity contribution is -0.199. The number of carbonyl (C=O) groups excluding carboxylic acids is 2. The van der Waals surface area contributed by atoms with Crippen LogP contribution in [0.4, 0.5) is 22.4 Å². The lowest BCUT2D eigenvalue weighted by Gasteiger charge is -2.40. The Morgan fingerprint density at radius 2 is 1.93 bits per heavy atom. The number of aryl methyl sites for hydroxylation is 1. The number of benzene rings is 1. The molecule has 1 saturated carbocycles. The zero-order valence-corrected chi connectivity index (χ0v) is 15.3. The minimum Gasteiger partial charge on any atom is -0.352 e. The first-order valence-corrected chi connectivity index (χ1v) is 9.35. The number of hydrogen-bond donors (Lipinski definition) is 2. The highest BCUT2D eigenvalue weighted by atomic mass is 19.4. The second-order valence-corrected chi connectivity index (χ2v) is 7.57. The van der Waals surface area contributed by atoms with Gasteiger partial charge in [0, 0.05) is 12.1 Å². The van der Waals surface area contributed by atoms with Crippen LogP contribution in [-0.4, -0.2) is 35.1 Å². The van der Waals surface area contributed by atoms with Gasteiger partial charge in [0.2, 0.25) is 5.91 Å². The molecule has 1 aromatic rings. The molecule has 2 fully saturated rings. The quantitative estimate of drug-likeness (QED) is 0.718. The van der Waals surface area contributed by atoms with Crippen LogP contribution in [0.2, 0.25) is 0 Å². The number of nitrogens with zero attached hydrogens (tertiary/aromatic N) is 1. The Balaban J connectivity index is 1.81. The second-order valence-electron chi connectivity index (χ2n) is 7.57. The van der Waals surface area contributed by atoms with E-state index < -0.39 is 42.6 Å². The highest BCUT2D eigenvalue weighted by Crippen LogP contribution is 2.35. The maximum absolute atomic E-state index is 14.3. The maximum atomic E-state index is 14.3. The first-order valence-electron chi connectivity index (χ1n) is 9.35. The SMILES string of the molecule is NC(=O)N[C@@H]1CC[C@@H](C(F)(F)F)N(Cc2cc(CCC3CC3)ccc2F)C1=O. The summed E-state index contributed by atoms with van der Waals surface area (Å²) in [5.41, 5.74) is 5.88. The van der Waals surface area contributed by atoms with Crippen LogP contribution < -0.4 is 11.1 Å². The number of nitrogens with two attached hydrogens (primary N) is 1. The Kier molecular flexibility index (Phi) is 5.81. The van der Waals surface area contributed by atoms with Gasteiger partial charge in [0.05, 0.1) is 0 Å². The summed E-state index contributed by atoms with van der Waals surface area (Å²) in [6.45, 7) is -0.511. The summed E-state index contributed by atoms with van der Waals surface area (Å²) in [6, 6.07) is 0.226. The third-order valence-corrected chi connectivity index (χ3v) is 5.37. The van der Waals surface area contributed by atoms with E-state index in [1.807, 2.05) is 0 Å². The zero-order chi connectivity index (χ0) is 20.5. The summed E-state index contributed by atoms with van der Waals surface area (Å²) >= 11 is 0. The van der Waals surface area contributed by atoms with Crippen LogP contribution in [0.3, 0.4) is 0 Å². The molecule has 3 amide bonds. The van der Waals surface area contributed by atoms with Crippen molar-refractivity contribution in [2.24, 2.45) is 11.7 Å². The van der Waals surface area contributed by atoms with Crippen LogP contribution in [-0.2, 0) is 17.8 Å². The molecule has 1 heterocycles. The number of hydrogen-bond acceptors (Lipinski definition) is 2. The molecule has 0 bridgehead atoms. The van der Waals surface area contributed by atoms with Crippen LogP contribution >= 0.6 is 0 Å². The molecule has 154 valence electrons. The number of carbonyl (C=O) groups is 2. The molecule has 1 aliphatic heterocycles. The Labute approximate surface area is 160 Å². The Morgan fingerprint density at radius 1 is 1.21 bits per heavy atom. The number of nitrogens with one attached hydrogen (secondary N) is 1. The predicted octanol–water partition coefficient (Wildman–Crippen LogP) is 3.26. The van der Waals surface area contributed by atoms with Crippen LogP contribution in [0, 0.1) is 11.7 Å². The number of urea groups is 1. The van der Waals surface area contributed by atoms with E-state index in [0.717, 1.165) is 18.4 Å². The van der Waals surface area contributed by atoms with Crippen molar-refractivity contribution >= 4 is 11.9 Å². The van der Waals surface area contributed by atoms with E-state index in [2.05, 4.69) is 5.32 Å². The topological polar surface area (TPSA) is 75.4 Å². The first-order chi connectivity index (χ1) is 13.1. The van der Waals surface area contributed by atoms with Gasteiger partial charge in [0.25, 0.3) is 0 Å². The van der Waals surface area contributed by atoms with Gasteiger partial charge in [-0.3, -0.25) is 4.79 Å². The molecule has 9 heteroatoms. The molecular formula is C19H23F4N3O2. The van der Waals surface area contributed by atoms with Crippen LogP contribution in [0.15, 0.2) is 18.2 Å². The average molecular weight is 401 g/mol. The average Bonchev–Trinajstić information content (AvgIpc) is 3.42. The van der Waals surface area contributed by atoms with Crippen LogP contribution in [0.1, 0.15) is 43.2 Å². The third-order valence-electron chi connectivity index (χ3n) is 5.37. The largest absolute Gasteiger partial charge is 0.408 e. The summed E-state index contributed by atoms with van der Waals surface area (Å²) in [4.78, 5) is 24.2. The molecule has 1 aliphatic carbocycles. The summed E-state index contributed by atoms with van der Waals surface area (Å²) in [6.07, 6.45) is -1.16. The molecule has 0 radical (unpaired) electrons. The van der Waals surface area contributed by atoms with E-state index >= 15 is 0 Å². The second kappa shape index (κ2) is 7.97. The number of likely N-dealkylation sites (tertiary alicyclic amines) is 1. The van der Waals surface area contributed by atoms with E-state index in [4.69, 9.17) is 5.73 Å². The standard InChI is InChI=1S/C19H23F4N3O2/c20-14-6-5-12(4-3-11-1-2-11)9-13(14)10-26-16(19(21,22)23)8-7-15(17(26)27)25-18(24)28/h5-6,9,11,15-16H,1-4,7-8,10H2,(H3,24,25,28)/t15-,16+/m1/s1. The molecule has 2 aliphatic rings. The number of halogens is 4. The lowest BCUT2D eigenvalue weighted by Crippen LogP contribution is -2.60. The number of amides is 3. The zero-order valence-electron chi connectivity index (χ0n) is 15.3. The highest BCUT2D eigenvalue weighted by Gasteiger charge is 2.49. The van der Waals surface area contributed by atoms with E-state index in [1.54, 1.807) is 6.07 Å². The van der Waals surface area contributed by atoms with Crippen molar-refractivity contribution in [2.45, 2.75) is 63.3 Å². The van der Waals surface area contributed by atoms with Gasteiger partial charge in [-0.1, -0.05) is 25.0 Å². The molecule has 28 heavy (non-hydrogen) atoms. The maximum Gasteiger partial charge on any atom is 0.408 e. The van der Waals surface area contributed by atoms with Crippen molar-refractivity contribution in [2.75, 3.05) is 0 Å². The normalized spacial score (nSPS) is 23.0. The molecule has 0 aromatic heterocycles. The molecular weight excluding hydrogens is 378 g/mol. The monoisotopic (exact) mass is 401 g/mol. The molecule has 1 saturated heterocycles. The molecule has 2 atom stereocenters. The number of piperidine rings is 1. The fourth-order valence-corrected chi connectivity index (χ4v) is 3.66. The summed E-state index contributed by atoms with van der Waals surface area (Å²) < 4.78 is 54.6. The van der Waals surface area contributed by atoms with Crippen LogP contribution in [0.5, 0.6) is 0 Å². The van der Waals surface area contributed by atoms with Gasteiger partial charge < -0.3 is 16.0 Å². The van der Waals surface area contributed by atoms with Gasteiger partial charge in [0.1, 0.15) is 17.9 Å². The van der Waals surface area contributed by atoms with Gasteiger partial charge in [0.15, 0.2) is 0 Å². The van der Waals surface area contributed by atoms with Gasteiger partial charge in [-0.2, -0.15) is 13.2 Å². The van der Waals surface area contributed by atoms with Crippen molar-refractivity contribution in [1.29, 1.82) is 0 Å². The van der Waals surface area contributed by atoms with Crippen molar-refractivity contribution in [1.82, 2.24) is 10.2 Å². The molecule has 3 rings (SSSR count). The molecule has 1 aromatic carbocycles. The lowest BCUT2D eigenvalue weighted by atomic mass is 9.95. The van der Waals surface area contributed by atoms with E-state index in [1.165, 1.54) is 25.0 Å². The molecule has 0 spiro atoms. The summed E-state index contributed by atoms with van der Waals surface area (Å²) in [5.74, 6) is -0.892. The fraction of sp³-hybridized carbons (Fsp3) is 0.579. The Morgan fingerprint density at radius 3 is 2.54 bits per heavy atom. The smallest absolute Gasteiger partial charge is 0.352 e. The molecule has 5 nitrogen and oxygen atoms in total. The Bertz CT molecular complexity index is 749. The minimum atomic E-state index is -4.65. The van der Waals surface area contributed by atoms with Crippen molar-refractivity contribution in [3.63, 3.8) is 0 Å². The van der Waals surface area contributed by atoms with Crippen molar-refractivity contribution in [3.05, 3.63) is 35.1 Å². The fourth-order valence-electron chi connectivity index (χ4n) is 3.66. The Hall–Kier alpha value is -2.32. The van der Waals surface area contributed by atoms with Gasteiger partial charge in [-0.15, -0.1) is 0 Å². The van der Waals surface area contributed by atoms with Crippen molar-refractivity contribution in [3.8, 4) is 0 Å². The van der Waals surface area contributed by atoms with Crippen LogP contribution in [0.25, 0.3) is 0 Å². The number of primary amides is 1. The van der Waals surface area contributed by atoms with Gasteiger partial charge in [-0.25, -0.2) is 9.18 Å².